The molecule has 4 N–H and O–H groups in total. The first-order chi connectivity index (χ1) is 11.3. The van der Waals surface area contributed by atoms with Crippen LogP contribution in [0.2, 0.25) is 0 Å². The van der Waals surface area contributed by atoms with Crippen LogP contribution in [0.4, 0.5) is 9.59 Å². The highest BCUT2D eigenvalue weighted by Gasteiger charge is 2.23. The van der Waals surface area contributed by atoms with Crippen molar-refractivity contribution in [3.8, 4) is 0 Å². The van der Waals surface area contributed by atoms with Gasteiger partial charge >= 0.3 is 12.1 Å². The third-order valence-electron chi connectivity index (χ3n) is 2.65. The molecule has 0 fully saturated rings. The number of rotatable bonds is 7. The SMILES string of the molecule is CC(C)CN(CC(=O)N(CC(C)C)NC(N)=O)NC(=O)OC(C)(C)C. The Morgan fingerprint density at radius 2 is 1.52 bits per heavy atom. The van der Waals surface area contributed by atoms with Crippen LogP contribution in [0, 0.1) is 11.8 Å². The quantitative estimate of drug-likeness (QED) is 0.595. The number of carbonyl (C=O) groups excluding carboxylic acids is 3. The van der Waals surface area contributed by atoms with Crippen LogP contribution in [0.25, 0.3) is 0 Å². The Balaban J connectivity index is 4.98. The van der Waals surface area contributed by atoms with Gasteiger partial charge in [-0.15, -0.1) is 0 Å². The molecule has 0 bridgehead atoms. The Morgan fingerprint density at radius 1 is 1.00 bits per heavy atom. The van der Waals surface area contributed by atoms with E-state index >= 15 is 0 Å². The summed E-state index contributed by atoms with van der Waals surface area (Å²) in [5.41, 5.74) is 9.37. The fourth-order valence-electron chi connectivity index (χ4n) is 1.98. The third-order valence-corrected chi connectivity index (χ3v) is 2.65. The van der Waals surface area contributed by atoms with Gasteiger partial charge in [0, 0.05) is 13.1 Å². The molecule has 146 valence electrons. The van der Waals surface area contributed by atoms with Gasteiger partial charge in [0.2, 0.25) is 0 Å². The largest absolute Gasteiger partial charge is 0.443 e. The first-order valence-electron chi connectivity index (χ1n) is 8.41. The summed E-state index contributed by atoms with van der Waals surface area (Å²) in [7, 11) is 0. The van der Waals surface area contributed by atoms with Crippen molar-refractivity contribution in [1.29, 1.82) is 0 Å². The highest BCUT2D eigenvalue weighted by molar-refractivity contribution is 5.82. The van der Waals surface area contributed by atoms with Crippen molar-refractivity contribution in [2.24, 2.45) is 17.6 Å². The van der Waals surface area contributed by atoms with Gasteiger partial charge in [-0.05, 0) is 32.6 Å². The van der Waals surface area contributed by atoms with E-state index in [0.29, 0.717) is 13.1 Å². The molecule has 0 rings (SSSR count). The standard InChI is InChI=1S/C16H33N5O4/c1-11(2)8-20(19-15(24)25-16(5,6)7)10-13(22)21(9-12(3)4)18-14(17)23/h11-12H,8-10H2,1-7H3,(H,19,24)(H3,17,18,23). The summed E-state index contributed by atoms with van der Waals surface area (Å²) >= 11 is 0. The molecule has 0 atom stereocenters. The van der Waals surface area contributed by atoms with Crippen LogP contribution >= 0.6 is 0 Å². The molecule has 0 aliphatic heterocycles. The fourth-order valence-corrected chi connectivity index (χ4v) is 1.98. The zero-order valence-corrected chi connectivity index (χ0v) is 16.4. The maximum absolute atomic E-state index is 12.5. The maximum Gasteiger partial charge on any atom is 0.422 e. The Bertz CT molecular complexity index is 460. The molecule has 0 aliphatic rings. The second kappa shape index (κ2) is 10.1. The van der Waals surface area contributed by atoms with Crippen molar-refractivity contribution in [3.05, 3.63) is 0 Å². The van der Waals surface area contributed by atoms with Crippen LogP contribution in [0.1, 0.15) is 48.5 Å². The number of primary amides is 1. The van der Waals surface area contributed by atoms with Gasteiger partial charge in [-0.3, -0.25) is 15.2 Å². The molecule has 9 heteroatoms. The third kappa shape index (κ3) is 12.0. The molecular formula is C16H33N5O4. The van der Waals surface area contributed by atoms with Crippen molar-refractivity contribution in [2.45, 2.75) is 54.1 Å². The minimum Gasteiger partial charge on any atom is -0.443 e. The van der Waals surface area contributed by atoms with Crippen molar-refractivity contribution < 1.29 is 19.1 Å². The fraction of sp³-hybridized carbons (Fsp3) is 0.812. The van der Waals surface area contributed by atoms with E-state index in [2.05, 4.69) is 10.9 Å². The maximum atomic E-state index is 12.5. The molecule has 0 unspecified atom stereocenters. The van der Waals surface area contributed by atoms with Gasteiger partial charge in [0.05, 0.1) is 6.54 Å². The number of carbonyl (C=O) groups is 3. The predicted octanol–water partition coefficient (Wildman–Crippen LogP) is 1.45. The summed E-state index contributed by atoms with van der Waals surface area (Å²) in [6, 6.07) is -0.815. The van der Waals surface area contributed by atoms with Crippen molar-refractivity contribution in [1.82, 2.24) is 20.9 Å². The Kier molecular flexibility index (Phi) is 9.25. The minimum absolute atomic E-state index is 0.121. The number of ether oxygens (including phenoxy) is 1. The molecule has 0 saturated carbocycles. The minimum atomic E-state index is -0.815. The normalized spacial score (nSPS) is 11.6. The molecule has 0 radical (unpaired) electrons. The number of urea groups is 1. The molecule has 0 saturated heterocycles. The van der Waals surface area contributed by atoms with Gasteiger partial charge in [-0.25, -0.2) is 20.0 Å². The summed E-state index contributed by atoms with van der Waals surface area (Å²) in [5.74, 6) is -0.0530. The second-order valence-electron chi connectivity index (χ2n) is 7.76. The van der Waals surface area contributed by atoms with E-state index in [-0.39, 0.29) is 24.3 Å². The number of hydrogen-bond acceptors (Lipinski definition) is 5. The number of hydrazine groups is 2. The van der Waals surface area contributed by atoms with Crippen LogP contribution < -0.4 is 16.6 Å². The Morgan fingerprint density at radius 3 is 1.92 bits per heavy atom. The first-order valence-corrected chi connectivity index (χ1v) is 8.41. The zero-order valence-electron chi connectivity index (χ0n) is 16.4. The summed E-state index contributed by atoms with van der Waals surface area (Å²) in [6.07, 6.45) is -0.640. The van der Waals surface area contributed by atoms with Gasteiger partial charge in [0.25, 0.3) is 5.91 Å². The predicted molar refractivity (Wildman–Crippen MR) is 95.1 cm³/mol. The smallest absolute Gasteiger partial charge is 0.422 e. The van der Waals surface area contributed by atoms with E-state index in [1.54, 1.807) is 20.8 Å². The molecule has 4 amide bonds. The van der Waals surface area contributed by atoms with Crippen LogP contribution in [0.3, 0.4) is 0 Å². The molecule has 0 aromatic rings. The topological polar surface area (TPSA) is 117 Å². The zero-order chi connectivity index (χ0) is 19.8. The number of nitrogens with zero attached hydrogens (tertiary/aromatic N) is 2. The monoisotopic (exact) mass is 359 g/mol. The number of amides is 4. The van der Waals surface area contributed by atoms with Gasteiger partial charge in [0.1, 0.15) is 5.60 Å². The number of nitrogens with two attached hydrogens (primary N) is 1. The average molecular weight is 359 g/mol. The average Bonchev–Trinajstić information content (AvgIpc) is 2.32. The van der Waals surface area contributed by atoms with Crippen molar-refractivity contribution in [2.75, 3.05) is 19.6 Å². The van der Waals surface area contributed by atoms with Crippen LogP contribution in [-0.4, -0.2) is 53.3 Å². The lowest BCUT2D eigenvalue weighted by atomic mass is 10.2. The summed E-state index contributed by atoms with van der Waals surface area (Å²) in [5, 5.41) is 2.63. The van der Waals surface area contributed by atoms with E-state index in [9.17, 15) is 14.4 Å². The van der Waals surface area contributed by atoms with Gasteiger partial charge in [0.15, 0.2) is 0 Å². The van der Waals surface area contributed by atoms with E-state index in [1.165, 1.54) is 5.01 Å². The number of nitrogens with one attached hydrogen (secondary N) is 2. The molecule has 25 heavy (non-hydrogen) atoms. The molecule has 0 aliphatic carbocycles. The first kappa shape index (κ1) is 23.0. The van der Waals surface area contributed by atoms with Gasteiger partial charge in [-0.1, -0.05) is 27.7 Å². The van der Waals surface area contributed by atoms with Crippen LogP contribution in [-0.2, 0) is 9.53 Å². The summed E-state index contributed by atoms with van der Waals surface area (Å²) in [6.45, 7) is 13.6. The van der Waals surface area contributed by atoms with Crippen LogP contribution in [0.15, 0.2) is 0 Å². The Hall–Kier alpha value is -2.03. The molecule has 9 nitrogen and oxygen atoms in total. The van der Waals surface area contributed by atoms with E-state index in [0.717, 1.165) is 5.01 Å². The second-order valence-corrected chi connectivity index (χ2v) is 7.76. The summed E-state index contributed by atoms with van der Waals surface area (Å²) < 4.78 is 5.21. The van der Waals surface area contributed by atoms with E-state index in [4.69, 9.17) is 10.5 Å². The molecule has 0 aromatic heterocycles. The Labute approximate surface area is 150 Å². The lowest BCUT2D eigenvalue weighted by Gasteiger charge is -2.30. The van der Waals surface area contributed by atoms with E-state index in [1.807, 2.05) is 27.7 Å². The summed E-state index contributed by atoms with van der Waals surface area (Å²) in [4.78, 5) is 35.6. The molecule has 0 aromatic carbocycles. The van der Waals surface area contributed by atoms with Gasteiger partial charge in [-0.2, -0.15) is 0 Å². The highest BCUT2D eigenvalue weighted by atomic mass is 16.6. The van der Waals surface area contributed by atoms with Gasteiger partial charge < -0.3 is 10.5 Å². The lowest BCUT2D eigenvalue weighted by molar-refractivity contribution is -0.136. The van der Waals surface area contributed by atoms with Crippen molar-refractivity contribution >= 4 is 18.0 Å². The number of hydrogen-bond donors (Lipinski definition) is 3. The molecule has 0 heterocycles. The molecule has 0 spiro atoms. The highest BCUT2D eigenvalue weighted by Crippen LogP contribution is 2.07. The molecular weight excluding hydrogens is 326 g/mol. The van der Waals surface area contributed by atoms with E-state index < -0.39 is 17.7 Å². The lowest BCUT2D eigenvalue weighted by Crippen LogP contribution is -2.56. The van der Waals surface area contributed by atoms with Crippen molar-refractivity contribution in [3.63, 3.8) is 0 Å². The van der Waals surface area contributed by atoms with Crippen LogP contribution in [0.5, 0.6) is 0 Å².